The van der Waals surface area contributed by atoms with Gasteiger partial charge >= 0.3 is 12.1 Å². The number of alkyl halides is 1. The van der Waals surface area contributed by atoms with Crippen molar-refractivity contribution in [3.63, 3.8) is 0 Å². The average molecular weight is 281 g/mol. The predicted octanol–water partition coefficient (Wildman–Crippen LogP) is 3.11. The van der Waals surface area contributed by atoms with Crippen molar-refractivity contribution in [2.45, 2.75) is 34.6 Å². The Kier molecular flexibility index (Phi) is 5.93. The quantitative estimate of drug-likeness (QED) is 0.619. The zero-order valence-corrected chi connectivity index (χ0v) is 12.2. The standard InChI is InChI=1S/C12H21ClO5/c1-8(11(2,3)4)12(5,9(14)15)6-17-10(16)18-7-13/h8H,6-7H2,1-5H3,(H,14,15). The second kappa shape index (κ2) is 6.27. The number of ether oxygens (including phenoxy) is 2. The van der Waals surface area contributed by atoms with Crippen LogP contribution in [0.4, 0.5) is 4.79 Å². The highest BCUT2D eigenvalue weighted by atomic mass is 35.5. The summed E-state index contributed by atoms with van der Waals surface area (Å²) in [6.07, 6.45) is -0.960. The number of rotatable bonds is 5. The van der Waals surface area contributed by atoms with Gasteiger partial charge in [0.15, 0.2) is 6.07 Å². The second-order valence-corrected chi connectivity index (χ2v) is 5.82. The van der Waals surface area contributed by atoms with E-state index in [0.717, 1.165) is 0 Å². The molecule has 0 heterocycles. The van der Waals surface area contributed by atoms with Gasteiger partial charge in [-0.2, -0.15) is 0 Å². The maximum atomic E-state index is 11.4. The van der Waals surface area contributed by atoms with Crippen LogP contribution in [0.3, 0.4) is 0 Å². The smallest absolute Gasteiger partial charge is 0.481 e. The van der Waals surface area contributed by atoms with Crippen LogP contribution in [0.15, 0.2) is 0 Å². The van der Waals surface area contributed by atoms with Gasteiger partial charge in [0.2, 0.25) is 0 Å². The monoisotopic (exact) mass is 280 g/mol. The molecule has 2 atom stereocenters. The van der Waals surface area contributed by atoms with Crippen molar-refractivity contribution in [1.29, 1.82) is 0 Å². The third-order valence-corrected chi connectivity index (χ3v) is 3.51. The average Bonchev–Trinajstić information content (AvgIpc) is 2.23. The molecule has 0 saturated heterocycles. The third-order valence-electron chi connectivity index (χ3n) is 3.41. The van der Waals surface area contributed by atoms with E-state index in [0.29, 0.717) is 0 Å². The zero-order valence-electron chi connectivity index (χ0n) is 11.4. The Bertz CT molecular complexity index is 310. The summed E-state index contributed by atoms with van der Waals surface area (Å²) in [5.74, 6) is -1.21. The lowest BCUT2D eigenvalue weighted by atomic mass is 9.66. The van der Waals surface area contributed by atoms with Gasteiger partial charge in [-0.05, 0) is 18.3 Å². The summed E-state index contributed by atoms with van der Waals surface area (Å²) < 4.78 is 9.19. The minimum atomic E-state index is -1.18. The van der Waals surface area contributed by atoms with Crippen LogP contribution in [0.25, 0.3) is 0 Å². The van der Waals surface area contributed by atoms with Crippen molar-refractivity contribution in [1.82, 2.24) is 0 Å². The molecule has 0 saturated carbocycles. The van der Waals surface area contributed by atoms with Gasteiger partial charge in [-0.1, -0.05) is 39.3 Å². The van der Waals surface area contributed by atoms with Gasteiger partial charge in [-0.15, -0.1) is 0 Å². The van der Waals surface area contributed by atoms with E-state index >= 15 is 0 Å². The number of aliphatic carboxylic acids is 1. The van der Waals surface area contributed by atoms with Crippen LogP contribution in [0.2, 0.25) is 0 Å². The van der Waals surface area contributed by atoms with E-state index in [4.69, 9.17) is 16.3 Å². The fourth-order valence-electron chi connectivity index (χ4n) is 1.62. The first-order valence-corrected chi connectivity index (χ1v) is 6.18. The Balaban J connectivity index is 4.84. The highest BCUT2D eigenvalue weighted by Crippen LogP contribution is 2.40. The molecular formula is C12H21ClO5. The highest BCUT2D eigenvalue weighted by molar-refractivity contribution is 6.17. The molecule has 0 aliphatic carbocycles. The third kappa shape index (κ3) is 4.37. The summed E-state index contributed by atoms with van der Waals surface area (Å²) in [4.78, 5) is 22.5. The van der Waals surface area contributed by atoms with E-state index in [2.05, 4.69) is 4.74 Å². The Morgan fingerprint density at radius 1 is 1.22 bits per heavy atom. The molecule has 0 aromatic carbocycles. The number of hydrogen-bond acceptors (Lipinski definition) is 4. The molecule has 18 heavy (non-hydrogen) atoms. The van der Waals surface area contributed by atoms with Gasteiger partial charge in [0.05, 0.1) is 0 Å². The Morgan fingerprint density at radius 2 is 1.72 bits per heavy atom. The van der Waals surface area contributed by atoms with Crippen molar-refractivity contribution in [3.05, 3.63) is 0 Å². The molecule has 0 aliphatic rings. The first-order valence-electron chi connectivity index (χ1n) is 5.64. The largest absolute Gasteiger partial charge is 0.509 e. The van der Waals surface area contributed by atoms with E-state index in [-0.39, 0.29) is 24.0 Å². The summed E-state index contributed by atoms with van der Waals surface area (Å²) >= 11 is 5.20. The number of halogens is 1. The summed E-state index contributed by atoms with van der Waals surface area (Å²) in [7, 11) is 0. The van der Waals surface area contributed by atoms with Crippen LogP contribution in [0.5, 0.6) is 0 Å². The molecule has 6 heteroatoms. The fraction of sp³-hybridized carbons (Fsp3) is 0.833. The second-order valence-electron chi connectivity index (χ2n) is 5.60. The maximum Gasteiger partial charge on any atom is 0.509 e. The molecule has 106 valence electrons. The van der Waals surface area contributed by atoms with Crippen LogP contribution >= 0.6 is 11.6 Å². The molecule has 0 bridgehead atoms. The Labute approximate surface area is 112 Å². The van der Waals surface area contributed by atoms with Crippen molar-refractivity contribution in [2.75, 3.05) is 12.7 Å². The summed E-state index contributed by atoms with van der Waals surface area (Å²) in [5, 5.41) is 9.35. The molecule has 0 rings (SSSR count). The molecule has 5 nitrogen and oxygen atoms in total. The number of hydrogen-bond donors (Lipinski definition) is 1. The molecule has 0 spiro atoms. The molecule has 2 unspecified atom stereocenters. The maximum absolute atomic E-state index is 11.4. The molecule has 0 aromatic rings. The lowest BCUT2D eigenvalue weighted by Gasteiger charge is -2.39. The molecule has 0 fully saturated rings. The van der Waals surface area contributed by atoms with Gasteiger partial charge < -0.3 is 14.6 Å². The van der Waals surface area contributed by atoms with Crippen molar-refractivity contribution in [2.24, 2.45) is 16.7 Å². The molecule has 0 radical (unpaired) electrons. The van der Waals surface area contributed by atoms with E-state index in [1.807, 2.05) is 27.7 Å². The molecular weight excluding hydrogens is 260 g/mol. The molecule has 0 aromatic heterocycles. The van der Waals surface area contributed by atoms with E-state index in [1.165, 1.54) is 0 Å². The molecule has 1 N–H and O–H groups in total. The number of carboxylic acids is 1. The van der Waals surface area contributed by atoms with Crippen molar-refractivity contribution < 1.29 is 24.2 Å². The van der Waals surface area contributed by atoms with Gasteiger partial charge in [-0.25, -0.2) is 4.79 Å². The van der Waals surface area contributed by atoms with E-state index in [1.54, 1.807) is 6.92 Å². The van der Waals surface area contributed by atoms with Crippen molar-refractivity contribution in [3.8, 4) is 0 Å². The van der Waals surface area contributed by atoms with Crippen LogP contribution in [0, 0.1) is 16.7 Å². The van der Waals surface area contributed by atoms with Gasteiger partial charge in [-0.3, -0.25) is 4.79 Å². The van der Waals surface area contributed by atoms with Gasteiger partial charge in [0.1, 0.15) is 12.0 Å². The van der Waals surface area contributed by atoms with Crippen molar-refractivity contribution >= 4 is 23.7 Å². The number of carbonyl (C=O) groups excluding carboxylic acids is 1. The van der Waals surface area contributed by atoms with Crippen LogP contribution in [-0.4, -0.2) is 29.9 Å². The SMILES string of the molecule is CC(C(C)(C)C)C(C)(COC(=O)OCCl)C(=O)O. The van der Waals surface area contributed by atoms with Crippen LogP contribution in [0.1, 0.15) is 34.6 Å². The van der Waals surface area contributed by atoms with Crippen LogP contribution < -0.4 is 0 Å². The topological polar surface area (TPSA) is 72.8 Å². The summed E-state index contributed by atoms with van der Waals surface area (Å²) in [6, 6.07) is -0.322. The number of carboxylic acid groups (broad SMARTS) is 1. The fourth-order valence-corrected chi connectivity index (χ4v) is 1.71. The predicted molar refractivity (Wildman–Crippen MR) is 67.5 cm³/mol. The molecule has 0 amide bonds. The minimum Gasteiger partial charge on any atom is -0.481 e. The van der Waals surface area contributed by atoms with Gasteiger partial charge in [0.25, 0.3) is 0 Å². The lowest BCUT2D eigenvalue weighted by molar-refractivity contribution is -0.157. The van der Waals surface area contributed by atoms with Gasteiger partial charge in [0, 0.05) is 0 Å². The lowest BCUT2D eigenvalue weighted by Crippen LogP contribution is -2.44. The summed E-state index contributed by atoms with van der Waals surface area (Å²) in [5.41, 5.74) is -1.41. The minimum absolute atomic E-state index is 0.202. The van der Waals surface area contributed by atoms with E-state index in [9.17, 15) is 14.7 Å². The number of carbonyl (C=O) groups is 2. The highest BCUT2D eigenvalue weighted by Gasteiger charge is 2.45. The zero-order chi connectivity index (χ0) is 14.6. The Morgan fingerprint density at radius 3 is 2.06 bits per heavy atom. The summed E-state index contributed by atoms with van der Waals surface area (Å²) in [6.45, 7) is 8.95. The van der Waals surface area contributed by atoms with Crippen LogP contribution in [-0.2, 0) is 14.3 Å². The first kappa shape index (κ1) is 17.0. The Hall–Kier alpha value is -0.970. The van der Waals surface area contributed by atoms with E-state index < -0.39 is 17.5 Å². The first-order chi connectivity index (χ1) is 8.05. The normalized spacial score (nSPS) is 16.6. The molecule has 0 aliphatic heterocycles.